The Bertz CT molecular complexity index is 777. The minimum absolute atomic E-state index is 0.0230. The van der Waals surface area contributed by atoms with Crippen molar-refractivity contribution in [2.24, 2.45) is 0 Å². The van der Waals surface area contributed by atoms with Crippen LogP contribution in [0.15, 0.2) is 22.7 Å². The van der Waals surface area contributed by atoms with Crippen LogP contribution in [-0.2, 0) is 11.3 Å². The zero-order chi connectivity index (χ0) is 18.6. The molecule has 1 N–H and O–H groups in total. The van der Waals surface area contributed by atoms with Crippen LogP contribution in [0.2, 0.25) is 0 Å². The van der Waals surface area contributed by atoms with Gasteiger partial charge in [0.2, 0.25) is 5.89 Å². The van der Waals surface area contributed by atoms with Crippen molar-refractivity contribution < 1.29 is 28.3 Å². The second-order valence-corrected chi connectivity index (χ2v) is 5.30. The Morgan fingerprint density at radius 3 is 2.76 bits per heavy atom. The number of rotatable bonds is 7. The molecule has 1 aromatic carbocycles. The Hall–Kier alpha value is -2.81. The molecule has 1 amide bonds. The quantitative estimate of drug-likeness (QED) is 0.815. The second-order valence-electron chi connectivity index (χ2n) is 5.30. The Morgan fingerprint density at radius 2 is 2.16 bits per heavy atom. The molecule has 9 heteroatoms. The number of aromatic nitrogens is 2. The monoisotopic (exact) mass is 351 g/mol. The molecule has 25 heavy (non-hydrogen) atoms. The van der Waals surface area contributed by atoms with Crippen molar-refractivity contribution in [3.63, 3.8) is 0 Å². The molecule has 134 valence electrons. The maximum absolute atomic E-state index is 14.0. The molecule has 0 saturated carbocycles. The number of halogens is 1. The number of hydrogen-bond acceptors (Lipinski definition) is 6. The van der Waals surface area contributed by atoms with E-state index in [9.17, 15) is 14.0 Å². The highest BCUT2D eigenvalue weighted by Crippen LogP contribution is 2.16. The van der Waals surface area contributed by atoms with Crippen molar-refractivity contribution in [1.82, 2.24) is 15.0 Å². The highest BCUT2D eigenvalue weighted by atomic mass is 19.1. The summed E-state index contributed by atoms with van der Waals surface area (Å²) in [5.41, 5.74) is -0.474. The van der Waals surface area contributed by atoms with Crippen molar-refractivity contribution in [2.75, 3.05) is 13.7 Å². The molecule has 0 aliphatic rings. The number of aromatic carboxylic acids is 1. The Balaban J connectivity index is 2.09. The molecule has 8 nitrogen and oxygen atoms in total. The third-order valence-corrected chi connectivity index (χ3v) is 3.43. The number of ether oxygens (including phenoxy) is 1. The first kappa shape index (κ1) is 18.5. The van der Waals surface area contributed by atoms with E-state index in [2.05, 4.69) is 10.1 Å². The van der Waals surface area contributed by atoms with Gasteiger partial charge in [0.05, 0.1) is 17.7 Å². The van der Waals surface area contributed by atoms with Crippen LogP contribution in [0.4, 0.5) is 4.39 Å². The number of nitrogens with zero attached hydrogens (tertiary/aromatic N) is 3. The number of benzene rings is 1. The van der Waals surface area contributed by atoms with Crippen molar-refractivity contribution in [3.8, 4) is 0 Å². The highest BCUT2D eigenvalue weighted by Gasteiger charge is 2.21. The summed E-state index contributed by atoms with van der Waals surface area (Å²) in [7, 11) is 1.45. The summed E-state index contributed by atoms with van der Waals surface area (Å²) in [6, 6.07) is 3.10. The summed E-state index contributed by atoms with van der Waals surface area (Å²) >= 11 is 0. The minimum Gasteiger partial charge on any atom is -0.478 e. The van der Waals surface area contributed by atoms with E-state index >= 15 is 0 Å². The van der Waals surface area contributed by atoms with Gasteiger partial charge in [-0.15, -0.1) is 0 Å². The molecular weight excluding hydrogens is 333 g/mol. The summed E-state index contributed by atoms with van der Waals surface area (Å²) < 4.78 is 24.4. The predicted molar refractivity (Wildman–Crippen MR) is 83.5 cm³/mol. The SMILES string of the molecule is CCOC(C)c1noc(CN(C)C(=O)c2ccc(C(=O)O)cc2F)n1. The zero-order valence-electron chi connectivity index (χ0n) is 14.0. The molecule has 1 atom stereocenters. The van der Waals surface area contributed by atoms with Crippen LogP contribution in [0, 0.1) is 5.82 Å². The average Bonchev–Trinajstić information content (AvgIpc) is 3.02. The normalized spacial score (nSPS) is 12.0. The lowest BCUT2D eigenvalue weighted by Crippen LogP contribution is -2.27. The van der Waals surface area contributed by atoms with Crippen LogP contribution in [-0.4, -0.2) is 45.7 Å². The first-order valence-corrected chi connectivity index (χ1v) is 7.55. The van der Waals surface area contributed by atoms with Gasteiger partial charge in [-0.05, 0) is 32.0 Å². The maximum Gasteiger partial charge on any atom is 0.335 e. The predicted octanol–water partition coefficient (Wildman–Crippen LogP) is 2.28. The molecule has 0 bridgehead atoms. The molecular formula is C16H18FN3O5. The highest BCUT2D eigenvalue weighted by molar-refractivity contribution is 5.96. The fourth-order valence-electron chi connectivity index (χ4n) is 2.12. The van der Waals surface area contributed by atoms with Crippen LogP contribution in [0.3, 0.4) is 0 Å². The summed E-state index contributed by atoms with van der Waals surface area (Å²) in [6.45, 7) is 4.08. The van der Waals surface area contributed by atoms with Gasteiger partial charge < -0.3 is 19.3 Å². The van der Waals surface area contributed by atoms with Crippen molar-refractivity contribution >= 4 is 11.9 Å². The lowest BCUT2D eigenvalue weighted by Gasteiger charge is -2.15. The van der Waals surface area contributed by atoms with Crippen molar-refractivity contribution in [3.05, 3.63) is 46.9 Å². The fourth-order valence-corrected chi connectivity index (χ4v) is 2.12. The molecule has 1 heterocycles. The third-order valence-electron chi connectivity index (χ3n) is 3.43. The number of hydrogen-bond donors (Lipinski definition) is 1. The van der Waals surface area contributed by atoms with E-state index < -0.39 is 17.7 Å². The lowest BCUT2D eigenvalue weighted by molar-refractivity contribution is 0.0682. The van der Waals surface area contributed by atoms with Crippen molar-refractivity contribution in [1.29, 1.82) is 0 Å². The van der Waals surface area contributed by atoms with Gasteiger partial charge in [0.1, 0.15) is 11.9 Å². The van der Waals surface area contributed by atoms with Crippen LogP contribution in [0.1, 0.15) is 52.4 Å². The Kier molecular flexibility index (Phi) is 5.81. The smallest absolute Gasteiger partial charge is 0.335 e. The first-order valence-electron chi connectivity index (χ1n) is 7.55. The van der Waals surface area contributed by atoms with Gasteiger partial charge in [0.25, 0.3) is 5.91 Å². The fraction of sp³-hybridized carbons (Fsp3) is 0.375. The van der Waals surface area contributed by atoms with E-state index in [-0.39, 0.29) is 29.7 Å². The lowest BCUT2D eigenvalue weighted by atomic mass is 10.1. The molecule has 2 aromatic rings. The zero-order valence-corrected chi connectivity index (χ0v) is 14.0. The van der Waals surface area contributed by atoms with Gasteiger partial charge in [-0.25, -0.2) is 9.18 Å². The number of carboxylic acids is 1. The summed E-state index contributed by atoms with van der Waals surface area (Å²) in [4.78, 5) is 28.5. The summed E-state index contributed by atoms with van der Waals surface area (Å²) in [5, 5.41) is 12.6. The van der Waals surface area contributed by atoms with Gasteiger partial charge >= 0.3 is 5.97 Å². The van der Waals surface area contributed by atoms with Gasteiger partial charge in [-0.3, -0.25) is 4.79 Å². The Labute approximate surface area is 143 Å². The van der Waals surface area contributed by atoms with Gasteiger partial charge in [-0.1, -0.05) is 5.16 Å². The topological polar surface area (TPSA) is 106 Å². The molecule has 0 spiro atoms. The molecule has 1 unspecified atom stereocenters. The molecule has 1 aromatic heterocycles. The molecule has 2 rings (SSSR count). The van der Waals surface area contributed by atoms with Gasteiger partial charge in [-0.2, -0.15) is 4.98 Å². The van der Waals surface area contributed by atoms with E-state index in [4.69, 9.17) is 14.4 Å². The van der Waals surface area contributed by atoms with E-state index in [1.807, 2.05) is 6.92 Å². The van der Waals surface area contributed by atoms with Crippen LogP contribution in [0.25, 0.3) is 0 Å². The van der Waals surface area contributed by atoms with E-state index in [1.165, 1.54) is 18.0 Å². The number of amides is 1. The number of carbonyl (C=O) groups excluding carboxylic acids is 1. The molecule has 0 saturated heterocycles. The minimum atomic E-state index is -1.27. The summed E-state index contributed by atoms with van der Waals surface area (Å²) in [5.74, 6) is -2.28. The van der Waals surface area contributed by atoms with E-state index in [0.717, 1.165) is 12.1 Å². The van der Waals surface area contributed by atoms with Gasteiger partial charge in [0.15, 0.2) is 5.82 Å². The Morgan fingerprint density at radius 1 is 1.44 bits per heavy atom. The van der Waals surface area contributed by atoms with E-state index in [1.54, 1.807) is 6.92 Å². The van der Waals surface area contributed by atoms with Gasteiger partial charge in [0, 0.05) is 13.7 Å². The van der Waals surface area contributed by atoms with Crippen molar-refractivity contribution in [2.45, 2.75) is 26.5 Å². The van der Waals surface area contributed by atoms with Crippen LogP contribution in [0.5, 0.6) is 0 Å². The second kappa shape index (κ2) is 7.84. The molecule has 0 aliphatic carbocycles. The largest absolute Gasteiger partial charge is 0.478 e. The molecule has 0 fully saturated rings. The number of carboxylic acid groups (broad SMARTS) is 1. The first-order chi connectivity index (χ1) is 11.8. The molecule has 0 radical (unpaired) electrons. The van der Waals surface area contributed by atoms with Crippen LogP contribution >= 0.6 is 0 Å². The summed E-state index contributed by atoms with van der Waals surface area (Å²) in [6.07, 6.45) is -0.343. The number of carbonyl (C=O) groups is 2. The standard InChI is InChI=1S/C16H18FN3O5/c1-4-24-9(2)14-18-13(25-19-14)8-20(3)15(21)11-6-5-10(16(22)23)7-12(11)17/h5-7,9H,4,8H2,1-3H3,(H,22,23). The third kappa shape index (κ3) is 4.38. The van der Waals surface area contributed by atoms with Crippen LogP contribution < -0.4 is 0 Å². The molecule has 0 aliphatic heterocycles. The maximum atomic E-state index is 14.0. The van der Waals surface area contributed by atoms with E-state index in [0.29, 0.717) is 12.4 Å². The average molecular weight is 351 g/mol.